The molecule has 0 spiro atoms. The number of ether oxygens (including phenoxy) is 1. The van der Waals surface area contributed by atoms with Gasteiger partial charge in [-0.2, -0.15) is 0 Å². The van der Waals surface area contributed by atoms with Gasteiger partial charge in [-0.05, 0) is 36.4 Å². The van der Waals surface area contributed by atoms with Crippen LogP contribution in [0.4, 0.5) is 8.78 Å². The van der Waals surface area contributed by atoms with E-state index in [0.717, 1.165) is 0 Å². The van der Waals surface area contributed by atoms with Crippen molar-refractivity contribution in [3.8, 4) is 5.75 Å². The zero-order valence-electron chi connectivity index (χ0n) is 11.1. The summed E-state index contributed by atoms with van der Waals surface area (Å²) >= 11 is 0. The second-order valence-electron chi connectivity index (χ2n) is 4.57. The normalized spacial score (nSPS) is 10.8. The molecule has 0 fully saturated rings. The first kappa shape index (κ1) is 13.3. The van der Waals surface area contributed by atoms with E-state index in [1.54, 1.807) is 6.07 Å². The van der Waals surface area contributed by atoms with E-state index in [2.05, 4.69) is 4.98 Å². The van der Waals surface area contributed by atoms with Crippen LogP contribution in [0.1, 0.15) is 15.9 Å². The summed E-state index contributed by atoms with van der Waals surface area (Å²) in [5.41, 5.74) is 1.27. The number of carbonyl (C=O) groups is 1. The van der Waals surface area contributed by atoms with E-state index in [-0.39, 0.29) is 17.1 Å². The highest BCUT2D eigenvalue weighted by molar-refractivity contribution is 6.16. The molecule has 1 aromatic heterocycles. The van der Waals surface area contributed by atoms with Crippen LogP contribution in [0.15, 0.2) is 42.6 Å². The summed E-state index contributed by atoms with van der Waals surface area (Å²) in [4.78, 5) is 15.4. The Morgan fingerprint density at radius 1 is 1.14 bits per heavy atom. The number of H-pyrrole nitrogens is 1. The number of rotatable bonds is 3. The third-order valence-electron chi connectivity index (χ3n) is 3.30. The lowest BCUT2D eigenvalue weighted by molar-refractivity contribution is 0.104. The predicted octanol–water partition coefficient (Wildman–Crippen LogP) is 3.69. The Labute approximate surface area is 119 Å². The number of nitrogens with one attached hydrogen (secondary N) is 1. The van der Waals surface area contributed by atoms with Gasteiger partial charge in [-0.1, -0.05) is 0 Å². The molecule has 3 aromatic rings. The van der Waals surface area contributed by atoms with Crippen molar-refractivity contribution < 1.29 is 18.3 Å². The van der Waals surface area contributed by atoms with E-state index in [1.807, 2.05) is 0 Å². The zero-order valence-corrected chi connectivity index (χ0v) is 11.1. The van der Waals surface area contributed by atoms with Crippen molar-refractivity contribution in [1.29, 1.82) is 0 Å². The van der Waals surface area contributed by atoms with Crippen LogP contribution in [0, 0.1) is 11.6 Å². The molecule has 0 aliphatic carbocycles. The Hall–Kier alpha value is -2.69. The second-order valence-corrected chi connectivity index (χ2v) is 4.57. The third kappa shape index (κ3) is 2.27. The van der Waals surface area contributed by atoms with Crippen molar-refractivity contribution >= 4 is 16.7 Å². The number of carbonyl (C=O) groups excluding carboxylic acids is 1. The number of benzene rings is 2. The highest BCUT2D eigenvalue weighted by atomic mass is 19.1. The quantitative estimate of drug-likeness (QED) is 0.746. The highest BCUT2D eigenvalue weighted by Gasteiger charge is 2.16. The van der Waals surface area contributed by atoms with Crippen molar-refractivity contribution in [2.24, 2.45) is 0 Å². The molecule has 0 radical (unpaired) electrons. The summed E-state index contributed by atoms with van der Waals surface area (Å²) in [5, 5.41) is 0.489. The SMILES string of the molecule is COc1cc(C(=O)c2c[nH]c3ccc(F)cc23)ccc1F. The van der Waals surface area contributed by atoms with Gasteiger partial charge in [-0.3, -0.25) is 4.79 Å². The van der Waals surface area contributed by atoms with E-state index in [9.17, 15) is 13.6 Å². The number of aromatic nitrogens is 1. The van der Waals surface area contributed by atoms with Crippen molar-refractivity contribution in [3.63, 3.8) is 0 Å². The van der Waals surface area contributed by atoms with Gasteiger partial charge in [-0.25, -0.2) is 8.78 Å². The summed E-state index contributed by atoms with van der Waals surface area (Å²) in [5.74, 6) is -1.30. The molecule has 0 amide bonds. The Morgan fingerprint density at radius 3 is 2.71 bits per heavy atom. The van der Waals surface area contributed by atoms with E-state index in [0.29, 0.717) is 16.5 Å². The predicted molar refractivity (Wildman–Crippen MR) is 74.6 cm³/mol. The Balaban J connectivity index is 2.10. The minimum Gasteiger partial charge on any atom is -0.494 e. The largest absolute Gasteiger partial charge is 0.494 e. The van der Waals surface area contributed by atoms with Crippen molar-refractivity contribution in [2.45, 2.75) is 0 Å². The molecule has 1 N–H and O–H groups in total. The second kappa shape index (κ2) is 5.01. The molecule has 5 heteroatoms. The average molecular weight is 287 g/mol. The van der Waals surface area contributed by atoms with Gasteiger partial charge in [0.25, 0.3) is 0 Å². The lowest BCUT2D eigenvalue weighted by Gasteiger charge is -2.05. The maximum absolute atomic E-state index is 13.4. The van der Waals surface area contributed by atoms with Gasteiger partial charge in [0.2, 0.25) is 0 Å². The van der Waals surface area contributed by atoms with Crippen LogP contribution in [-0.2, 0) is 0 Å². The third-order valence-corrected chi connectivity index (χ3v) is 3.30. The highest BCUT2D eigenvalue weighted by Crippen LogP contribution is 2.25. The van der Waals surface area contributed by atoms with Crippen LogP contribution >= 0.6 is 0 Å². The van der Waals surface area contributed by atoms with E-state index < -0.39 is 11.6 Å². The average Bonchev–Trinajstić information content (AvgIpc) is 2.90. The first-order chi connectivity index (χ1) is 10.1. The fourth-order valence-electron chi connectivity index (χ4n) is 2.24. The number of hydrogen-bond donors (Lipinski definition) is 1. The first-order valence-electron chi connectivity index (χ1n) is 6.25. The van der Waals surface area contributed by atoms with Crippen LogP contribution in [0.2, 0.25) is 0 Å². The molecule has 3 nitrogen and oxygen atoms in total. The van der Waals surface area contributed by atoms with Crippen LogP contribution < -0.4 is 4.74 Å². The molecule has 21 heavy (non-hydrogen) atoms. The summed E-state index contributed by atoms with van der Waals surface area (Å²) in [6, 6.07) is 8.04. The molecule has 0 bridgehead atoms. The molecule has 106 valence electrons. The molecule has 1 heterocycles. The molecule has 3 rings (SSSR count). The Kier molecular flexibility index (Phi) is 3.17. The lowest BCUT2D eigenvalue weighted by atomic mass is 10.0. The van der Waals surface area contributed by atoms with Crippen molar-refractivity contribution in [1.82, 2.24) is 4.98 Å². The minimum absolute atomic E-state index is 0.00753. The monoisotopic (exact) mass is 287 g/mol. The molecule has 0 atom stereocenters. The van der Waals surface area contributed by atoms with E-state index >= 15 is 0 Å². The molecular formula is C16H11F2NO2. The van der Waals surface area contributed by atoms with Crippen molar-refractivity contribution in [3.05, 3.63) is 65.4 Å². The smallest absolute Gasteiger partial charge is 0.195 e. The van der Waals surface area contributed by atoms with Gasteiger partial charge < -0.3 is 9.72 Å². The number of aromatic amines is 1. The van der Waals surface area contributed by atoms with Gasteiger partial charge in [-0.15, -0.1) is 0 Å². The lowest BCUT2D eigenvalue weighted by Crippen LogP contribution is -2.02. The number of methoxy groups -OCH3 is 1. The van der Waals surface area contributed by atoms with Crippen LogP contribution in [-0.4, -0.2) is 17.9 Å². The number of fused-ring (bicyclic) bond motifs is 1. The van der Waals surface area contributed by atoms with Crippen LogP contribution in [0.5, 0.6) is 5.75 Å². The van der Waals surface area contributed by atoms with Gasteiger partial charge in [0.1, 0.15) is 5.82 Å². The van der Waals surface area contributed by atoms with Crippen LogP contribution in [0.3, 0.4) is 0 Å². The fraction of sp³-hybridized carbons (Fsp3) is 0.0625. The zero-order chi connectivity index (χ0) is 15.0. The van der Waals surface area contributed by atoms with E-state index in [4.69, 9.17) is 4.74 Å². The van der Waals surface area contributed by atoms with Crippen molar-refractivity contribution in [2.75, 3.05) is 7.11 Å². The molecule has 0 aliphatic rings. The summed E-state index contributed by atoms with van der Waals surface area (Å²) in [6.45, 7) is 0. The number of halogens is 2. The standard InChI is InChI=1S/C16H11F2NO2/c1-21-15-6-9(2-4-13(15)18)16(20)12-8-19-14-5-3-10(17)7-11(12)14/h2-8,19H,1H3. The molecule has 2 aromatic carbocycles. The topological polar surface area (TPSA) is 42.1 Å². The molecule has 0 saturated carbocycles. The van der Waals surface area contributed by atoms with E-state index in [1.165, 1.54) is 43.6 Å². The van der Waals surface area contributed by atoms with Crippen LogP contribution in [0.25, 0.3) is 10.9 Å². The number of hydrogen-bond acceptors (Lipinski definition) is 2. The van der Waals surface area contributed by atoms with Gasteiger partial charge >= 0.3 is 0 Å². The summed E-state index contributed by atoms with van der Waals surface area (Å²) < 4.78 is 31.6. The molecular weight excluding hydrogens is 276 g/mol. The fourth-order valence-corrected chi connectivity index (χ4v) is 2.24. The first-order valence-corrected chi connectivity index (χ1v) is 6.25. The maximum Gasteiger partial charge on any atom is 0.195 e. The van der Waals surface area contributed by atoms with Gasteiger partial charge in [0.15, 0.2) is 17.3 Å². The molecule has 0 aliphatic heterocycles. The van der Waals surface area contributed by atoms with Gasteiger partial charge in [0, 0.05) is 28.2 Å². The molecule has 0 saturated heterocycles. The Morgan fingerprint density at radius 2 is 1.95 bits per heavy atom. The van der Waals surface area contributed by atoms with Gasteiger partial charge in [0.05, 0.1) is 7.11 Å². The summed E-state index contributed by atoms with van der Waals surface area (Å²) in [6.07, 6.45) is 1.52. The summed E-state index contributed by atoms with van der Waals surface area (Å²) in [7, 11) is 1.33. The minimum atomic E-state index is -0.543. The Bertz CT molecular complexity index is 839. The molecule has 0 unspecified atom stereocenters. The number of ketones is 1. The maximum atomic E-state index is 13.4.